The van der Waals surface area contributed by atoms with Crippen molar-refractivity contribution < 1.29 is 13.2 Å². The Bertz CT molecular complexity index is 529. The summed E-state index contributed by atoms with van der Waals surface area (Å²) in [6.07, 6.45) is 2.72. The minimum Gasteiger partial charge on any atom is -0.497 e. The van der Waals surface area contributed by atoms with Crippen LogP contribution in [-0.4, -0.2) is 28.1 Å². The summed E-state index contributed by atoms with van der Waals surface area (Å²) in [5, 5.41) is 0. The highest BCUT2D eigenvalue weighted by Gasteiger charge is 2.21. The molecule has 114 valence electrons. The van der Waals surface area contributed by atoms with Gasteiger partial charge in [-0.2, -0.15) is 0 Å². The molecule has 1 aromatic rings. The van der Waals surface area contributed by atoms with Gasteiger partial charge in [-0.05, 0) is 37.1 Å². The fraction of sp³-hybridized carbons (Fsp3) is 0.571. The Morgan fingerprint density at radius 2 is 2.10 bits per heavy atom. The zero-order valence-corrected chi connectivity index (χ0v) is 13.2. The number of sulfonamides is 1. The summed E-state index contributed by atoms with van der Waals surface area (Å²) in [6.45, 7) is 4.12. The molecule has 5 nitrogen and oxygen atoms in total. The van der Waals surface area contributed by atoms with Gasteiger partial charge in [-0.1, -0.05) is 19.8 Å². The summed E-state index contributed by atoms with van der Waals surface area (Å²) in [4.78, 5) is 0.272. The highest BCUT2D eigenvalue weighted by molar-refractivity contribution is 7.89. The monoisotopic (exact) mass is 300 g/mol. The molecule has 1 aromatic carbocycles. The maximum atomic E-state index is 12.4. The van der Waals surface area contributed by atoms with E-state index in [1.807, 2.05) is 0 Å². The molecule has 0 amide bonds. The van der Waals surface area contributed by atoms with E-state index in [4.69, 9.17) is 10.5 Å². The maximum Gasteiger partial charge on any atom is 0.241 e. The van der Waals surface area contributed by atoms with Crippen molar-refractivity contribution >= 4 is 10.0 Å². The first-order valence-electron chi connectivity index (χ1n) is 6.81. The molecule has 0 aliphatic rings. The highest BCUT2D eigenvalue weighted by Crippen LogP contribution is 2.21. The van der Waals surface area contributed by atoms with Crippen LogP contribution in [0.3, 0.4) is 0 Å². The molecule has 1 atom stereocenters. The number of nitrogens with one attached hydrogen (secondary N) is 1. The van der Waals surface area contributed by atoms with Crippen molar-refractivity contribution in [3.8, 4) is 5.75 Å². The van der Waals surface area contributed by atoms with Gasteiger partial charge in [0.1, 0.15) is 5.75 Å². The third-order valence-electron chi connectivity index (χ3n) is 3.18. The van der Waals surface area contributed by atoms with Gasteiger partial charge in [-0.25, -0.2) is 13.1 Å². The molecule has 0 bridgehead atoms. The minimum absolute atomic E-state index is 0.221. The summed E-state index contributed by atoms with van der Waals surface area (Å²) in [5.74, 6) is 0.641. The molecular formula is C14H24N2O3S. The van der Waals surface area contributed by atoms with E-state index < -0.39 is 10.0 Å². The molecule has 0 heterocycles. The fourth-order valence-electron chi connectivity index (χ4n) is 2.01. The van der Waals surface area contributed by atoms with Crippen LogP contribution in [0.1, 0.15) is 31.7 Å². The van der Waals surface area contributed by atoms with Gasteiger partial charge < -0.3 is 10.5 Å². The molecule has 0 aromatic heterocycles. The second-order valence-electron chi connectivity index (χ2n) is 4.83. The van der Waals surface area contributed by atoms with E-state index in [2.05, 4.69) is 11.6 Å². The summed E-state index contributed by atoms with van der Waals surface area (Å²) in [6, 6.07) is 4.69. The van der Waals surface area contributed by atoms with E-state index in [1.165, 1.54) is 0 Å². The zero-order chi connectivity index (χ0) is 15.2. The third kappa shape index (κ3) is 4.47. The van der Waals surface area contributed by atoms with Crippen LogP contribution in [0.4, 0.5) is 0 Å². The van der Waals surface area contributed by atoms with Crippen LogP contribution in [0.5, 0.6) is 5.75 Å². The lowest BCUT2D eigenvalue weighted by Gasteiger charge is -2.17. The third-order valence-corrected chi connectivity index (χ3v) is 4.86. The van der Waals surface area contributed by atoms with Crippen LogP contribution in [0, 0.1) is 6.92 Å². The Labute approximate surface area is 121 Å². The molecule has 0 fully saturated rings. The molecule has 20 heavy (non-hydrogen) atoms. The molecule has 1 rings (SSSR count). The molecule has 1 unspecified atom stereocenters. The average molecular weight is 300 g/mol. The lowest BCUT2D eigenvalue weighted by Crippen LogP contribution is -2.40. The first-order chi connectivity index (χ1) is 9.44. The molecule has 6 heteroatoms. The lowest BCUT2D eigenvalue weighted by atomic mass is 10.1. The van der Waals surface area contributed by atoms with Crippen molar-refractivity contribution in [2.45, 2.75) is 44.0 Å². The van der Waals surface area contributed by atoms with E-state index >= 15 is 0 Å². The van der Waals surface area contributed by atoms with Gasteiger partial charge in [0.15, 0.2) is 0 Å². The number of benzene rings is 1. The van der Waals surface area contributed by atoms with Gasteiger partial charge in [0.25, 0.3) is 0 Å². The first kappa shape index (κ1) is 16.9. The summed E-state index contributed by atoms with van der Waals surface area (Å²) < 4.78 is 32.5. The topological polar surface area (TPSA) is 81.4 Å². The van der Waals surface area contributed by atoms with Crippen LogP contribution < -0.4 is 15.2 Å². The second-order valence-corrected chi connectivity index (χ2v) is 6.51. The van der Waals surface area contributed by atoms with Gasteiger partial charge >= 0.3 is 0 Å². The number of nitrogens with two attached hydrogens (primary N) is 1. The van der Waals surface area contributed by atoms with E-state index in [1.54, 1.807) is 32.2 Å². The first-order valence-corrected chi connectivity index (χ1v) is 8.30. The Hall–Kier alpha value is -1.11. The largest absolute Gasteiger partial charge is 0.497 e. The normalized spacial score (nSPS) is 13.2. The molecule has 0 spiro atoms. The fourth-order valence-corrected chi connectivity index (χ4v) is 3.52. The van der Waals surface area contributed by atoms with Crippen molar-refractivity contribution in [2.75, 3.05) is 13.7 Å². The predicted molar refractivity (Wildman–Crippen MR) is 80.4 cm³/mol. The second kappa shape index (κ2) is 7.61. The zero-order valence-electron chi connectivity index (χ0n) is 12.3. The van der Waals surface area contributed by atoms with Gasteiger partial charge in [-0.3, -0.25) is 0 Å². The Morgan fingerprint density at radius 1 is 1.40 bits per heavy atom. The molecule has 0 radical (unpaired) electrons. The number of hydrogen-bond acceptors (Lipinski definition) is 4. The molecule has 0 aliphatic heterocycles. The van der Waals surface area contributed by atoms with E-state index in [0.29, 0.717) is 17.9 Å². The van der Waals surface area contributed by atoms with Crippen LogP contribution in [0.15, 0.2) is 23.1 Å². The van der Waals surface area contributed by atoms with Crippen molar-refractivity contribution in [3.05, 3.63) is 23.8 Å². The van der Waals surface area contributed by atoms with Gasteiger partial charge in [0.2, 0.25) is 10.0 Å². The van der Waals surface area contributed by atoms with Crippen LogP contribution in [0.25, 0.3) is 0 Å². The average Bonchev–Trinajstić information content (AvgIpc) is 2.42. The number of ether oxygens (including phenoxy) is 1. The van der Waals surface area contributed by atoms with Crippen molar-refractivity contribution in [1.29, 1.82) is 0 Å². The lowest BCUT2D eigenvalue weighted by molar-refractivity contribution is 0.414. The number of rotatable bonds is 8. The molecule has 0 saturated heterocycles. The van der Waals surface area contributed by atoms with Gasteiger partial charge in [0, 0.05) is 12.6 Å². The van der Waals surface area contributed by atoms with Gasteiger partial charge in [0.05, 0.1) is 12.0 Å². The van der Waals surface area contributed by atoms with Crippen LogP contribution >= 0.6 is 0 Å². The standard InChI is InChI=1S/C14H24N2O3S/c1-4-5-6-12(10-15)16-20(17,18)14-8-7-13(19-3)9-11(14)2/h7-9,12,16H,4-6,10,15H2,1-3H3. The molecule has 3 N–H and O–H groups in total. The Morgan fingerprint density at radius 3 is 2.60 bits per heavy atom. The number of methoxy groups -OCH3 is 1. The van der Waals surface area contributed by atoms with Crippen LogP contribution in [-0.2, 0) is 10.0 Å². The van der Waals surface area contributed by atoms with E-state index in [0.717, 1.165) is 19.3 Å². The molecule has 0 aliphatic carbocycles. The molecule has 0 saturated carbocycles. The maximum absolute atomic E-state index is 12.4. The number of hydrogen-bond donors (Lipinski definition) is 2. The van der Waals surface area contributed by atoms with Gasteiger partial charge in [-0.15, -0.1) is 0 Å². The smallest absolute Gasteiger partial charge is 0.241 e. The summed E-state index contributed by atoms with van der Waals surface area (Å²) in [7, 11) is -1.99. The van der Waals surface area contributed by atoms with Crippen LogP contribution in [0.2, 0.25) is 0 Å². The Kier molecular flexibility index (Phi) is 6.45. The highest BCUT2D eigenvalue weighted by atomic mass is 32.2. The quantitative estimate of drug-likeness (QED) is 0.767. The van der Waals surface area contributed by atoms with E-state index in [-0.39, 0.29) is 10.9 Å². The predicted octanol–water partition coefficient (Wildman–Crippen LogP) is 1.80. The minimum atomic E-state index is -3.54. The number of aryl methyl sites for hydroxylation is 1. The van der Waals surface area contributed by atoms with E-state index in [9.17, 15) is 8.42 Å². The Balaban J connectivity index is 2.92. The van der Waals surface area contributed by atoms with Crippen molar-refractivity contribution in [2.24, 2.45) is 5.73 Å². The molecular weight excluding hydrogens is 276 g/mol. The van der Waals surface area contributed by atoms with Crippen molar-refractivity contribution in [1.82, 2.24) is 4.72 Å². The summed E-state index contributed by atoms with van der Waals surface area (Å²) in [5.41, 5.74) is 6.29. The van der Waals surface area contributed by atoms with Crippen molar-refractivity contribution in [3.63, 3.8) is 0 Å². The number of unbranched alkanes of at least 4 members (excludes halogenated alkanes) is 1. The summed E-state index contributed by atoms with van der Waals surface area (Å²) >= 11 is 0. The SMILES string of the molecule is CCCCC(CN)NS(=O)(=O)c1ccc(OC)cc1C.